The molecule has 2 fully saturated rings. The lowest BCUT2D eigenvalue weighted by atomic mass is 9.87. The third-order valence-corrected chi connectivity index (χ3v) is 8.06. The van der Waals surface area contributed by atoms with Crippen LogP contribution < -0.4 is 4.74 Å². The van der Waals surface area contributed by atoms with Crippen molar-refractivity contribution < 1.29 is 23.5 Å². The van der Waals surface area contributed by atoms with Crippen LogP contribution in [-0.4, -0.2) is 70.1 Å². The van der Waals surface area contributed by atoms with E-state index in [9.17, 15) is 14.4 Å². The average molecular weight is 543 g/mol. The molecule has 2 aliphatic heterocycles. The van der Waals surface area contributed by atoms with Gasteiger partial charge < -0.3 is 23.9 Å². The van der Waals surface area contributed by atoms with Gasteiger partial charge in [0, 0.05) is 45.6 Å². The molecule has 1 aliphatic carbocycles. The number of piperazine rings is 1. The Morgan fingerprint density at radius 1 is 1.00 bits per heavy atom. The van der Waals surface area contributed by atoms with Crippen molar-refractivity contribution in [3.05, 3.63) is 82.6 Å². The van der Waals surface area contributed by atoms with E-state index >= 15 is 0 Å². The number of hydrogen-bond donors (Lipinski definition) is 0. The maximum atomic E-state index is 13.3. The number of rotatable bonds is 6. The third kappa shape index (κ3) is 5.33. The highest BCUT2D eigenvalue weighted by molar-refractivity contribution is 5.92. The quantitative estimate of drug-likeness (QED) is 0.471. The summed E-state index contributed by atoms with van der Waals surface area (Å²) in [6.45, 7) is 6.35. The number of fused-ring (bicyclic) bond motifs is 1. The monoisotopic (exact) mass is 542 g/mol. The fourth-order valence-corrected chi connectivity index (χ4v) is 5.69. The highest BCUT2D eigenvalue weighted by Gasteiger charge is 2.39. The van der Waals surface area contributed by atoms with E-state index in [-0.39, 0.29) is 42.0 Å². The predicted molar refractivity (Wildman–Crippen MR) is 147 cm³/mol. The molecule has 1 aromatic heterocycles. The Morgan fingerprint density at radius 3 is 2.50 bits per heavy atom. The first kappa shape index (κ1) is 26.1. The van der Waals surface area contributed by atoms with E-state index < -0.39 is 0 Å². The first-order valence-corrected chi connectivity index (χ1v) is 14.0. The number of hydrogen-bond acceptors (Lipinski definition) is 6. The Hall–Kier alpha value is -4.14. The van der Waals surface area contributed by atoms with E-state index in [1.807, 2.05) is 23.1 Å². The second-order valence-electron chi connectivity index (χ2n) is 10.9. The topological polar surface area (TPSA) is 96.2 Å². The van der Waals surface area contributed by atoms with Gasteiger partial charge in [-0.25, -0.2) is 4.98 Å². The molecule has 3 aliphatic rings. The van der Waals surface area contributed by atoms with Gasteiger partial charge in [-0.1, -0.05) is 35.9 Å². The Bertz CT molecular complexity index is 1440. The lowest BCUT2D eigenvalue weighted by Gasteiger charge is -2.38. The van der Waals surface area contributed by atoms with Gasteiger partial charge in [-0.2, -0.15) is 0 Å². The fraction of sp³-hybridized carbons (Fsp3) is 0.419. The summed E-state index contributed by atoms with van der Waals surface area (Å²) in [6.07, 6.45) is 4.12. The Morgan fingerprint density at radius 2 is 1.77 bits per heavy atom. The van der Waals surface area contributed by atoms with Crippen LogP contribution in [0.4, 0.5) is 0 Å². The van der Waals surface area contributed by atoms with Crippen LogP contribution in [0.15, 0.2) is 53.1 Å². The molecule has 1 saturated carbocycles. The van der Waals surface area contributed by atoms with Gasteiger partial charge in [-0.05, 0) is 55.0 Å². The molecule has 2 aromatic carbocycles. The van der Waals surface area contributed by atoms with Crippen molar-refractivity contribution in [1.29, 1.82) is 0 Å². The molecular formula is C31H34N4O5. The van der Waals surface area contributed by atoms with Crippen LogP contribution in [-0.2, 0) is 22.6 Å². The average Bonchev–Trinajstić information content (AvgIpc) is 3.72. The van der Waals surface area contributed by atoms with E-state index in [0.29, 0.717) is 44.4 Å². The molecule has 0 spiro atoms. The molecule has 1 saturated heterocycles. The summed E-state index contributed by atoms with van der Waals surface area (Å²) >= 11 is 0. The maximum Gasteiger partial charge on any atom is 0.275 e. The maximum absolute atomic E-state index is 13.3. The van der Waals surface area contributed by atoms with Crippen LogP contribution in [0.3, 0.4) is 0 Å². The number of carbonyl (C=O) groups is 3. The Balaban J connectivity index is 1.17. The number of nitrogens with zero attached hydrogens (tertiary/aromatic N) is 4. The molecule has 0 N–H and O–H groups in total. The van der Waals surface area contributed by atoms with Gasteiger partial charge in [0.25, 0.3) is 5.91 Å². The number of ether oxygens (including phenoxy) is 1. The number of aryl methyl sites for hydroxylation is 1. The highest BCUT2D eigenvalue weighted by atomic mass is 16.5. The molecule has 3 amide bonds. The predicted octanol–water partition coefficient (Wildman–Crippen LogP) is 3.75. The van der Waals surface area contributed by atoms with Gasteiger partial charge in [0.1, 0.15) is 12.0 Å². The van der Waals surface area contributed by atoms with Gasteiger partial charge in [0.05, 0.1) is 6.04 Å². The minimum atomic E-state index is -0.214. The first-order chi connectivity index (χ1) is 19.4. The summed E-state index contributed by atoms with van der Waals surface area (Å²) in [5.41, 5.74) is 4.79. The van der Waals surface area contributed by atoms with Gasteiger partial charge in [0.2, 0.25) is 17.7 Å². The van der Waals surface area contributed by atoms with Gasteiger partial charge >= 0.3 is 0 Å². The lowest BCUT2D eigenvalue weighted by Crippen LogP contribution is -2.50. The summed E-state index contributed by atoms with van der Waals surface area (Å²) in [4.78, 5) is 47.5. The van der Waals surface area contributed by atoms with Crippen molar-refractivity contribution in [3.8, 4) is 5.75 Å². The molecule has 208 valence electrons. The number of carbonyl (C=O) groups excluding carboxylic acids is 3. The van der Waals surface area contributed by atoms with Crippen LogP contribution in [0.1, 0.15) is 64.4 Å². The number of benzene rings is 2. The molecule has 40 heavy (non-hydrogen) atoms. The molecule has 9 nitrogen and oxygen atoms in total. The van der Waals surface area contributed by atoms with Crippen molar-refractivity contribution in [1.82, 2.24) is 19.7 Å². The van der Waals surface area contributed by atoms with Crippen LogP contribution in [0.2, 0.25) is 0 Å². The fourth-order valence-electron chi connectivity index (χ4n) is 5.69. The van der Waals surface area contributed by atoms with Crippen molar-refractivity contribution in [2.75, 3.05) is 32.7 Å². The van der Waals surface area contributed by atoms with Crippen molar-refractivity contribution in [2.24, 2.45) is 5.92 Å². The summed E-state index contributed by atoms with van der Waals surface area (Å²) in [6, 6.07) is 14.3. The minimum Gasteiger partial charge on any atom is -0.484 e. The van der Waals surface area contributed by atoms with Crippen molar-refractivity contribution in [2.45, 2.75) is 45.8 Å². The van der Waals surface area contributed by atoms with Crippen LogP contribution in [0.25, 0.3) is 0 Å². The third-order valence-electron chi connectivity index (χ3n) is 8.06. The van der Waals surface area contributed by atoms with E-state index in [0.717, 1.165) is 36.0 Å². The van der Waals surface area contributed by atoms with Crippen molar-refractivity contribution >= 4 is 17.7 Å². The second kappa shape index (κ2) is 10.8. The molecule has 3 aromatic rings. The zero-order valence-corrected chi connectivity index (χ0v) is 23.0. The SMILES string of the molecule is CC(=O)N1CCN(C(=O)c2coc(COc3ccc4c(c3)[C@@H](c3cccc(C)c3)N(C(=O)C3CC3)CC4)n2)CC1. The minimum absolute atomic E-state index is 0.0163. The van der Waals surface area contributed by atoms with E-state index in [1.54, 1.807) is 9.80 Å². The number of aromatic nitrogens is 1. The molecule has 6 rings (SSSR count). The van der Waals surface area contributed by atoms with Gasteiger partial charge in [0.15, 0.2) is 12.3 Å². The van der Waals surface area contributed by atoms with Gasteiger partial charge in [-0.3, -0.25) is 14.4 Å². The number of oxazole rings is 1. The molecule has 3 heterocycles. The molecule has 0 unspecified atom stereocenters. The van der Waals surface area contributed by atoms with E-state index in [4.69, 9.17) is 9.15 Å². The smallest absolute Gasteiger partial charge is 0.275 e. The molecule has 9 heteroatoms. The Kier molecular flexibility index (Phi) is 7.04. The Labute approximate surface area is 233 Å². The van der Waals surface area contributed by atoms with E-state index in [1.165, 1.54) is 18.8 Å². The van der Waals surface area contributed by atoms with E-state index in [2.05, 4.69) is 36.2 Å². The van der Waals surface area contributed by atoms with Gasteiger partial charge in [-0.15, -0.1) is 0 Å². The normalized spacial score (nSPS) is 18.9. The summed E-state index contributed by atoms with van der Waals surface area (Å²) in [5, 5.41) is 0. The summed E-state index contributed by atoms with van der Waals surface area (Å²) in [7, 11) is 0. The first-order valence-electron chi connectivity index (χ1n) is 14.0. The van der Waals surface area contributed by atoms with Crippen LogP contribution in [0.5, 0.6) is 5.75 Å². The lowest BCUT2D eigenvalue weighted by molar-refractivity contribution is -0.134. The zero-order chi connectivity index (χ0) is 27.8. The largest absolute Gasteiger partial charge is 0.484 e. The highest BCUT2D eigenvalue weighted by Crippen LogP contribution is 2.41. The standard InChI is InChI=1S/C31H34N4O5/c1-20-4-3-5-24(16-20)29-26-17-25(9-8-22(26)10-11-35(29)30(37)23-6-7-23)39-19-28-32-27(18-40-28)31(38)34-14-12-33(13-15-34)21(2)36/h3-5,8-9,16-18,23,29H,6-7,10-15,19H2,1-2H3/t29-/m1/s1. The summed E-state index contributed by atoms with van der Waals surface area (Å²) < 4.78 is 11.6. The summed E-state index contributed by atoms with van der Waals surface area (Å²) in [5.74, 6) is 1.15. The molecule has 0 radical (unpaired) electrons. The molecular weight excluding hydrogens is 508 g/mol. The zero-order valence-electron chi connectivity index (χ0n) is 23.0. The number of amides is 3. The molecule has 0 bridgehead atoms. The second-order valence-corrected chi connectivity index (χ2v) is 10.9. The van der Waals surface area contributed by atoms with Crippen molar-refractivity contribution in [3.63, 3.8) is 0 Å². The molecule has 1 atom stereocenters. The van der Waals surface area contributed by atoms with Crippen LogP contribution >= 0.6 is 0 Å². The van der Waals surface area contributed by atoms with Crippen LogP contribution in [0, 0.1) is 12.8 Å².